The molecule has 0 aromatic heterocycles. The standard InChI is InChI=1S/C10H14O3S/c1-2-10(13-14(11)12)8-9-6-4-3-5-7-9/h3-7,10H,2,8H2,1H3,(H,11,12). The highest BCUT2D eigenvalue weighted by atomic mass is 32.2. The molecule has 0 spiro atoms. The smallest absolute Gasteiger partial charge is 0.284 e. The van der Waals surface area contributed by atoms with E-state index in [1.807, 2.05) is 37.3 Å². The van der Waals surface area contributed by atoms with E-state index in [1.54, 1.807) is 0 Å². The molecule has 2 atom stereocenters. The van der Waals surface area contributed by atoms with Gasteiger partial charge in [0.05, 0.1) is 6.10 Å². The third-order valence-corrected chi connectivity index (χ3v) is 2.42. The van der Waals surface area contributed by atoms with Crippen LogP contribution >= 0.6 is 0 Å². The zero-order valence-electron chi connectivity index (χ0n) is 8.05. The van der Waals surface area contributed by atoms with E-state index in [4.69, 9.17) is 8.74 Å². The molecule has 0 amide bonds. The summed E-state index contributed by atoms with van der Waals surface area (Å²) in [6.45, 7) is 1.93. The van der Waals surface area contributed by atoms with Gasteiger partial charge in [-0.15, -0.1) is 0 Å². The van der Waals surface area contributed by atoms with Crippen LogP contribution in [0, 0.1) is 0 Å². The number of benzene rings is 1. The molecule has 0 bridgehead atoms. The fourth-order valence-corrected chi connectivity index (χ4v) is 1.68. The summed E-state index contributed by atoms with van der Waals surface area (Å²) < 4.78 is 23.9. The zero-order valence-corrected chi connectivity index (χ0v) is 8.87. The molecule has 0 aliphatic heterocycles. The molecule has 1 aromatic carbocycles. The Labute approximate surface area is 86.6 Å². The third-order valence-electron chi connectivity index (χ3n) is 1.98. The second-order valence-corrected chi connectivity index (χ2v) is 3.66. The largest absolute Gasteiger partial charge is 0.302 e. The number of rotatable bonds is 5. The van der Waals surface area contributed by atoms with Gasteiger partial charge in [0.25, 0.3) is 0 Å². The van der Waals surface area contributed by atoms with Crippen molar-refractivity contribution in [1.82, 2.24) is 0 Å². The van der Waals surface area contributed by atoms with Gasteiger partial charge in [0, 0.05) is 6.42 Å². The van der Waals surface area contributed by atoms with Crippen LogP contribution in [0.4, 0.5) is 0 Å². The van der Waals surface area contributed by atoms with Crippen molar-refractivity contribution in [3.63, 3.8) is 0 Å². The van der Waals surface area contributed by atoms with Gasteiger partial charge in [0.2, 0.25) is 0 Å². The van der Waals surface area contributed by atoms with E-state index in [1.165, 1.54) is 0 Å². The van der Waals surface area contributed by atoms with Crippen LogP contribution in [-0.4, -0.2) is 14.9 Å². The minimum atomic E-state index is -2.17. The summed E-state index contributed by atoms with van der Waals surface area (Å²) in [5, 5.41) is 0. The molecule has 14 heavy (non-hydrogen) atoms. The van der Waals surface area contributed by atoms with Gasteiger partial charge < -0.3 is 0 Å². The Hall–Kier alpha value is -0.710. The molecule has 0 saturated carbocycles. The van der Waals surface area contributed by atoms with E-state index in [-0.39, 0.29) is 6.10 Å². The SMILES string of the molecule is CCC(Cc1ccccc1)OS(=O)O. The lowest BCUT2D eigenvalue weighted by Gasteiger charge is -2.12. The first-order valence-electron chi connectivity index (χ1n) is 4.54. The summed E-state index contributed by atoms with van der Waals surface area (Å²) in [4.78, 5) is 0. The van der Waals surface area contributed by atoms with E-state index in [2.05, 4.69) is 0 Å². The van der Waals surface area contributed by atoms with E-state index < -0.39 is 11.4 Å². The Kier molecular flexibility index (Phi) is 4.79. The molecule has 4 heteroatoms. The van der Waals surface area contributed by atoms with Gasteiger partial charge in [-0.2, -0.15) is 4.21 Å². The maximum absolute atomic E-state index is 10.4. The van der Waals surface area contributed by atoms with E-state index in [9.17, 15) is 4.21 Å². The summed E-state index contributed by atoms with van der Waals surface area (Å²) in [5.74, 6) is 0. The Morgan fingerprint density at radius 1 is 1.43 bits per heavy atom. The van der Waals surface area contributed by atoms with Gasteiger partial charge in [-0.3, -0.25) is 8.74 Å². The number of hydrogen-bond donors (Lipinski definition) is 1. The van der Waals surface area contributed by atoms with E-state index >= 15 is 0 Å². The molecule has 3 nitrogen and oxygen atoms in total. The van der Waals surface area contributed by atoms with Crippen molar-refractivity contribution < 1.29 is 12.9 Å². The molecule has 0 aliphatic rings. The lowest BCUT2D eigenvalue weighted by molar-refractivity contribution is 0.199. The molecule has 0 heterocycles. The summed E-state index contributed by atoms with van der Waals surface area (Å²) in [5.41, 5.74) is 1.12. The molecule has 1 aromatic rings. The van der Waals surface area contributed by atoms with Gasteiger partial charge in [-0.1, -0.05) is 37.3 Å². The fourth-order valence-electron chi connectivity index (χ4n) is 1.24. The van der Waals surface area contributed by atoms with Gasteiger partial charge in [-0.05, 0) is 12.0 Å². The minimum Gasteiger partial charge on any atom is -0.284 e. The van der Waals surface area contributed by atoms with Crippen LogP contribution in [0.2, 0.25) is 0 Å². The molecule has 0 fully saturated rings. The van der Waals surface area contributed by atoms with Crippen molar-refractivity contribution >= 4 is 11.4 Å². The van der Waals surface area contributed by atoms with Gasteiger partial charge in [0.1, 0.15) is 0 Å². The van der Waals surface area contributed by atoms with Crippen LogP contribution in [0.3, 0.4) is 0 Å². The molecule has 0 aliphatic carbocycles. The molecule has 78 valence electrons. The van der Waals surface area contributed by atoms with E-state index in [0.29, 0.717) is 6.42 Å². The Morgan fingerprint density at radius 2 is 2.07 bits per heavy atom. The molecule has 1 rings (SSSR count). The normalized spacial score (nSPS) is 15.0. The van der Waals surface area contributed by atoms with Crippen LogP contribution in [-0.2, 0) is 22.0 Å². The molecule has 2 unspecified atom stereocenters. The van der Waals surface area contributed by atoms with Crippen molar-refractivity contribution in [3.8, 4) is 0 Å². The van der Waals surface area contributed by atoms with Crippen LogP contribution in [0.15, 0.2) is 30.3 Å². The first kappa shape index (κ1) is 11.4. The summed E-state index contributed by atoms with van der Waals surface area (Å²) in [6, 6.07) is 9.78. The Morgan fingerprint density at radius 3 is 2.57 bits per heavy atom. The first-order valence-corrected chi connectivity index (χ1v) is 5.57. The number of hydrogen-bond acceptors (Lipinski definition) is 2. The maximum atomic E-state index is 10.4. The van der Waals surface area contributed by atoms with Crippen molar-refractivity contribution in [2.45, 2.75) is 25.9 Å². The van der Waals surface area contributed by atoms with Crippen molar-refractivity contribution in [1.29, 1.82) is 0 Å². The van der Waals surface area contributed by atoms with Crippen LogP contribution in [0.1, 0.15) is 18.9 Å². The highest BCUT2D eigenvalue weighted by Gasteiger charge is 2.10. The quantitative estimate of drug-likeness (QED) is 0.764. The minimum absolute atomic E-state index is 0.191. The van der Waals surface area contributed by atoms with Crippen molar-refractivity contribution in [2.75, 3.05) is 0 Å². The monoisotopic (exact) mass is 214 g/mol. The highest BCUT2D eigenvalue weighted by molar-refractivity contribution is 7.74. The molecule has 1 N–H and O–H groups in total. The summed E-state index contributed by atoms with van der Waals surface area (Å²) in [7, 11) is 0. The average molecular weight is 214 g/mol. The average Bonchev–Trinajstić information content (AvgIpc) is 2.17. The van der Waals surface area contributed by atoms with Gasteiger partial charge >= 0.3 is 11.4 Å². The summed E-state index contributed by atoms with van der Waals surface area (Å²) >= 11 is -2.17. The summed E-state index contributed by atoms with van der Waals surface area (Å²) in [6.07, 6.45) is 1.20. The molecule has 0 radical (unpaired) electrons. The molecular weight excluding hydrogens is 200 g/mol. The Bertz CT molecular complexity index is 287. The van der Waals surface area contributed by atoms with Crippen LogP contribution in [0.5, 0.6) is 0 Å². The fraction of sp³-hybridized carbons (Fsp3) is 0.400. The topological polar surface area (TPSA) is 46.5 Å². The van der Waals surface area contributed by atoms with Gasteiger partial charge in [-0.25, -0.2) is 0 Å². The third kappa shape index (κ3) is 4.00. The predicted octanol–water partition coefficient (Wildman–Crippen LogP) is 2.16. The van der Waals surface area contributed by atoms with Crippen LogP contribution < -0.4 is 0 Å². The van der Waals surface area contributed by atoms with Gasteiger partial charge in [0.15, 0.2) is 0 Å². The maximum Gasteiger partial charge on any atom is 0.302 e. The molecular formula is C10H14O3S. The Balaban J connectivity index is 2.53. The highest BCUT2D eigenvalue weighted by Crippen LogP contribution is 2.09. The van der Waals surface area contributed by atoms with Crippen molar-refractivity contribution in [3.05, 3.63) is 35.9 Å². The second kappa shape index (κ2) is 5.90. The van der Waals surface area contributed by atoms with Crippen LogP contribution in [0.25, 0.3) is 0 Å². The molecule has 0 saturated heterocycles. The van der Waals surface area contributed by atoms with E-state index in [0.717, 1.165) is 12.0 Å². The zero-order chi connectivity index (χ0) is 10.4. The first-order chi connectivity index (χ1) is 6.72. The second-order valence-electron chi connectivity index (χ2n) is 3.03. The van der Waals surface area contributed by atoms with Crippen molar-refractivity contribution in [2.24, 2.45) is 0 Å². The lowest BCUT2D eigenvalue weighted by atomic mass is 10.1. The predicted molar refractivity (Wildman–Crippen MR) is 56.1 cm³/mol. The lowest BCUT2D eigenvalue weighted by Crippen LogP contribution is -2.16.